The van der Waals surface area contributed by atoms with Crippen LogP contribution in [0.2, 0.25) is 0 Å². The summed E-state index contributed by atoms with van der Waals surface area (Å²) in [4.78, 5) is 0. The fraction of sp³-hybridized carbons (Fsp3) is 0.846. The molecule has 4 heteroatoms. The Hall–Kier alpha value is -0.680. The molecule has 0 aromatic rings. The van der Waals surface area contributed by atoms with E-state index in [9.17, 15) is 15.3 Å². The van der Waals surface area contributed by atoms with Crippen LogP contribution >= 0.6 is 0 Å². The Morgan fingerprint density at radius 2 is 1.90 bits per heavy atom. The monoisotopic (exact) mass is 420 g/mol. The van der Waals surface area contributed by atoms with Crippen LogP contribution in [0.25, 0.3) is 0 Å². The standard InChI is InChI=1S/C26H44O4/c1-17-20(15-21(27)16-24(17)28)9-8-19-7-6-12-26(5)22(10-11-23(19)26)18(2)30-14-13-25(3,4)29/h8-9,17-18,21-24,27-29H,6-7,10-16H2,1-5H3/b19-8+,20-9+/t17-,18-,21+,22+,23-,24-,26+/m0/s1. The van der Waals surface area contributed by atoms with E-state index in [0.717, 1.165) is 6.42 Å². The maximum absolute atomic E-state index is 10.2. The molecule has 0 bridgehead atoms. The summed E-state index contributed by atoms with van der Waals surface area (Å²) in [5.41, 5.74) is 2.32. The van der Waals surface area contributed by atoms with E-state index in [0.29, 0.717) is 37.7 Å². The molecule has 3 aliphatic rings. The van der Waals surface area contributed by atoms with Crippen molar-refractivity contribution in [2.45, 2.75) is 110 Å². The third kappa shape index (κ3) is 5.38. The summed E-state index contributed by atoms with van der Waals surface area (Å²) in [6.07, 6.45) is 11.8. The third-order valence-electron chi connectivity index (χ3n) is 8.36. The van der Waals surface area contributed by atoms with Crippen LogP contribution in [0.5, 0.6) is 0 Å². The van der Waals surface area contributed by atoms with Crippen molar-refractivity contribution in [3.8, 4) is 0 Å². The molecule has 3 fully saturated rings. The van der Waals surface area contributed by atoms with E-state index in [4.69, 9.17) is 4.74 Å². The van der Waals surface area contributed by atoms with Crippen molar-refractivity contribution in [1.29, 1.82) is 0 Å². The van der Waals surface area contributed by atoms with Crippen LogP contribution in [0.3, 0.4) is 0 Å². The van der Waals surface area contributed by atoms with Crippen LogP contribution in [-0.4, -0.2) is 45.8 Å². The Kier molecular flexibility index (Phi) is 7.54. The Morgan fingerprint density at radius 1 is 1.20 bits per heavy atom. The van der Waals surface area contributed by atoms with Gasteiger partial charge in [-0.3, -0.25) is 0 Å². The van der Waals surface area contributed by atoms with Crippen molar-refractivity contribution in [2.75, 3.05) is 6.61 Å². The minimum Gasteiger partial charge on any atom is -0.393 e. The third-order valence-corrected chi connectivity index (χ3v) is 8.36. The summed E-state index contributed by atoms with van der Waals surface area (Å²) in [6.45, 7) is 11.0. The fourth-order valence-electron chi connectivity index (χ4n) is 6.37. The van der Waals surface area contributed by atoms with Gasteiger partial charge in [-0.1, -0.05) is 37.1 Å². The van der Waals surface area contributed by atoms with Crippen LogP contribution in [-0.2, 0) is 4.74 Å². The van der Waals surface area contributed by atoms with Gasteiger partial charge in [-0.15, -0.1) is 0 Å². The van der Waals surface area contributed by atoms with Gasteiger partial charge in [0.1, 0.15) is 0 Å². The Bertz CT molecular complexity index is 646. The molecule has 7 atom stereocenters. The normalized spacial score (nSPS) is 41.3. The SMILES string of the molecule is C[C@H](OCCC(C)(C)O)[C@H]1CC[C@H]2/C(=C/C=C3\C[C@@H](O)C[C@H](O)[C@H]3C)CCC[C@]12C. The second-order valence-corrected chi connectivity index (χ2v) is 11.2. The predicted octanol–water partition coefficient (Wildman–Crippen LogP) is 4.77. The largest absolute Gasteiger partial charge is 0.393 e. The molecule has 172 valence electrons. The molecule has 0 aliphatic heterocycles. The summed E-state index contributed by atoms with van der Waals surface area (Å²) < 4.78 is 6.20. The molecular formula is C26H44O4. The van der Waals surface area contributed by atoms with Crippen LogP contribution in [0, 0.1) is 23.2 Å². The lowest BCUT2D eigenvalue weighted by molar-refractivity contribution is -0.0454. The average Bonchev–Trinajstić information content (AvgIpc) is 3.00. The predicted molar refractivity (Wildman–Crippen MR) is 121 cm³/mol. The highest BCUT2D eigenvalue weighted by molar-refractivity contribution is 5.27. The number of aliphatic hydroxyl groups excluding tert-OH is 2. The zero-order chi connectivity index (χ0) is 22.1. The average molecular weight is 421 g/mol. The zero-order valence-electron chi connectivity index (χ0n) is 19.7. The second kappa shape index (κ2) is 9.44. The van der Waals surface area contributed by atoms with Gasteiger partial charge in [0.15, 0.2) is 0 Å². The van der Waals surface area contributed by atoms with Crippen LogP contribution in [0.15, 0.2) is 23.3 Å². The van der Waals surface area contributed by atoms with Gasteiger partial charge in [0.25, 0.3) is 0 Å². The van der Waals surface area contributed by atoms with Crippen LogP contribution in [0.1, 0.15) is 86.0 Å². The van der Waals surface area contributed by atoms with Gasteiger partial charge in [-0.25, -0.2) is 0 Å². The van der Waals surface area contributed by atoms with E-state index in [1.54, 1.807) is 5.57 Å². The van der Waals surface area contributed by atoms with Crippen molar-refractivity contribution in [2.24, 2.45) is 23.2 Å². The van der Waals surface area contributed by atoms with Gasteiger partial charge in [0.05, 0.1) is 23.9 Å². The zero-order valence-corrected chi connectivity index (χ0v) is 19.7. The number of ether oxygens (including phenoxy) is 1. The van der Waals surface area contributed by atoms with E-state index >= 15 is 0 Å². The fourth-order valence-corrected chi connectivity index (χ4v) is 6.37. The van der Waals surface area contributed by atoms with Gasteiger partial charge in [-0.2, -0.15) is 0 Å². The maximum atomic E-state index is 10.2. The molecule has 0 radical (unpaired) electrons. The molecule has 3 aliphatic carbocycles. The van der Waals surface area contributed by atoms with Gasteiger partial charge >= 0.3 is 0 Å². The summed E-state index contributed by atoms with van der Waals surface area (Å²) in [6, 6.07) is 0. The molecule has 3 saturated carbocycles. The van der Waals surface area contributed by atoms with E-state index in [-0.39, 0.29) is 17.4 Å². The van der Waals surface area contributed by atoms with Crippen molar-refractivity contribution in [3.63, 3.8) is 0 Å². The molecule has 0 saturated heterocycles. The first-order valence-electron chi connectivity index (χ1n) is 12.1. The number of aliphatic hydroxyl groups is 3. The molecule has 0 aromatic heterocycles. The smallest absolute Gasteiger partial charge is 0.0627 e. The van der Waals surface area contributed by atoms with Crippen molar-refractivity contribution >= 4 is 0 Å². The topological polar surface area (TPSA) is 69.9 Å². The number of fused-ring (bicyclic) bond motifs is 1. The number of hydrogen-bond acceptors (Lipinski definition) is 4. The van der Waals surface area contributed by atoms with Crippen molar-refractivity contribution in [1.82, 2.24) is 0 Å². The molecule has 4 nitrogen and oxygen atoms in total. The number of rotatable bonds is 6. The van der Waals surface area contributed by atoms with Crippen molar-refractivity contribution < 1.29 is 20.1 Å². The molecule has 3 N–H and O–H groups in total. The Morgan fingerprint density at radius 3 is 2.60 bits per heavy atom. The number of hydrogen-bond donors (Lipinski definition) is 3. The molecule has 0 aromatic carbocycles. The summed E-state index contributed by atoms with van der Waals surface area (Å²) in [7, 11) is 0. The lowest BCUT2D eigenvalue weighted by Crippen LogP contribution is -2.39. The lowest BCUT2D eigenvalue weighted by Gasteiger charge is -2.44. The minimum atomic E-state index is -0.673. The van der Waals surface area contributed by atoms with E-state index < -0.39 is 17.8 Å². The highest BCUT2D eigenvalue weighted by atomic mass is 16.5. The molecule has 30 heavy (non-hydrogen) atoms. The molecule has 0 spiro atoms. The quantitative estimate of drug-likeness (QED) is 0.579. The molecule has 3 rings (SSSR count). The summed E-state index contributed by atoms with van der Waals surface area (Å²) in [5, 5.41) is 30.2. The summed E-state index contributed by atoms with van der Waals surface area (Å²) in [5.74, 6) is 1.28. The molecule has 0 unspecified atom stereocenters. The highest BCUT2D eigenvalue weighted by Gasteiger charge is 2.51. The molecule has 0 amide bonds. The van der Waals surface area contributed by atoms with E-state index in [2.05, 4.69) is 32.9 Å². The number of allylic oxidation sites excluding steroid dienone is 3. The lowest BCUT2D eigenvalue weighted by atomic mass is 9.62. The highest BCUT2D eigenvalue weighted by Crippen LogP contribution is 2.58. The minimum absolute atomic E-state index is 0.126. The first-order chi connectivity index (χ1) is 14.0. The molecular weight excluding hydrogens is 376 g/mol. The Balaban J connectivity index is 1.69. The van der Waals surface area contributed by atoms with Crippen LogP contribution in [0.4, 0.5) is 0 Å². The Labute approximate surface area is 183 Å². The van der Waals surface area contributed by atoms with Crippen molar-refractivity contribution in [3.05, 3.63) is 23.3 Å². The second-order valence-electron chi connectivity index (χ2n) is 11.2. The van der Waals surface area contributed by atoms with E-state index in [1.165, 1.54) is 31.3 Å². The van der Waals surface area contributed by atoms with Gasteiger partial charge in [-0.05, 0) is 83.0 Å². The molecule has 0 heterocycles. The van der Waals surface area contributed by atoms with Gasteiger partial charge in [0, 0.05) is 18.9 Å². The maximum Gasteiger partial charge on any atom is 0.0627 e. The first kappa shape index (κ1) is 24.0. The van der Waals surface area contributed by atoms with Gasteiger partial charge < -0.3 is 20.1 Å². The van der Waals surface area contributed by atoms with E-state index in [1.807, 2.05) is 13.8 Å². The summed E-state index contributed by atoms with van der Waals surface area (Å²) >= 11 is 0. The van der Waals surface area contributed by atoms with Crippen LogP contribution < -0.4 is 0 Å². The first-order valence-corrected chi connectivity index (χ1v) is 12.1. The van der Waals surface area contributed by atoms with Gasteiger partial charge in [0.2, 0.25) is 0 Å².